The topological polar surface area (TPSA) is 21.3 Å². The van der Waals surface area contributed by atoms with Gasteiger partial charge in [0.2, 0.25) is 0 Å². The van der Waals surface area contributed by atoms with Gasteiger partial charge in [0.05, 0.1) is 13.2 Å². The molecule has 1 N–H and O–H groups in total. The first-order chi connectivity index (χ1) is 13.0. The fourth-order valence-electron chi connectivity index (χ4n) is 3.84. The van der Waals surface area contributed by atoms with E-state index in [1.54, 1.807) is 0 Å². The van der Waals surface area contributed by atoms with Crippen molar-refractivity contribution in [1.29, 1.82) is 0 Å². The van der Waals surface area contributed by atoms with Crippen LogP contribution in [-0.2, 0) is 11.3 Å². The van der Waals surface area contributed by atoms with E-state index in [0.717, 1.165) is 19.0 Å². The fourth-order valence-corrected chi connectivity index (χ4v) is 3.84. The van der Waals surface area contributed by atoms with Gasteiger partial charge in [0.1, 0.15) is 11.6 Å². The average Bonchev–Trinajstić information content (AvgIpc) is 3.40. The van der Waals surface area contributed by atoms with Crippen molar-refractivity contribution in [2.24, 2.45) is 5.92 Å². The summed E-state index contributed by atoms with van der Waals surface area (Å²) in [5.41, 5.74) is 5.00. The van der Waals surface area contributed by atoms with Gasteiger partial charge in [-0.2, -0.15) is 0 Å². The first-order valence-electron chi connectivity index (χ1n) is 9.74. The lowest BCUT2D eigenvalue weighted by Crippen LogP contribution is -2.27. The molecule has 1 unspecified atom stereocenters. The number of benzene rings is 2. The van der Waals surface area contributed by atoms with Gasteiger partial charge in [-0.3, -0.25) is 0 Å². The minimum Gasteiger partial charge on any atom is -0.376 e. The summed E-state index contributed by atoms with van der Waals surface area (Å²) in [6.45, 7) is 8.56. The van der Waals surface area contributed by atoms with Crippen LogP contribution in [0, 0.1) is 38.3 Å². The largest absolute Gasteiger partial charge is 0.376 e. The van der Waals surface area contributed by atoms with Gasteiger partial charge in [0.15, 0.2) is 0 Å². The van der Waals surface area contributed by atoms with Crippen LogP contribution < -0.4 is 5.32 Å². The molecule has 2 nitrogen and oxygen atoms in total. The molecule has 0 bridgehead atoms. The van der Waals surface area contributed by atoms with Crippen LogP contribution in [0.3, 0.4) is 0 Å². The lowest BCUT2D eigenvalue weighted by Gasteiger charge is -2.23. The molecule has 2 aromatic rings. The van der Waals surface area contributed by atoms with Gasteiger partial charge in [-0.1, -0.05) is 23.8 Å². The third-order valence-corrected chi connectivity index (χ3v) is 5.29. The van der Waals surface area contributed by atoms with E-state index in [1.165, 1.54) is 53.3 Å². The standard InChI is InChI=1S/C23H29F2NO/c1-15-9-16(2)23(17(3)10-15)19(12-26-11-18-7-8-18)13-27-14-20-21(24)5-4-6-22(20)25/h4-6,9-10,18-19,26H,7-8,11-14H2,1-3H3. The summed E-state index contributed by atoms with van der Waals surface area (Å²) in [6, 6.07) is 8.28. The van der Waals surface area contributed by atoms with Gasteiger partial charge < -0.3 is 10.1 Å². The second kappa shape index (κ2) is 8.94. The van der Waals surface area contributed by atoms with Gasteiger partial charge in [0, 0.05) is 18.0 Å². The number of nitrogens with one attached hydrogen (secondary N) is 1. The van der Waals surface area contributed by atoms with Crippen molar-refractivity contribution in [1.82, 2.24) is 5.32 Å². The predicted octanol–water partition coefficient (Wildman–Crippen LogP) is 5.19. The maximum Gasteiger partial charge on any atom is 0.131 e. The molecule has 0 amide bonds. The lowest BCUT2D eigenvalue weighted by atomic mass is 9.89. The first kappa shape index (κ1) is 20.0. The highest BCUT2D eigenvalue weighted by molar-refractivity contribution is 5.40. The molecule has 1 aliphatic rings. The highest BCUT2D eigenvalue weighted by Gasteiger charge is 2.22. The summed E-state index contributed by atoms with van der Waals surface area (Å²) in [5.74, 6) is -0.152. The van der Waals surface area contributed by atoms with Crippen LogP contribution in [0.4, 0.5) is 8.78 Å². The maximum absolute atomic E-state index is 13.8. The molecule has 1 saturated carbocycles. The van der Waals surface area contributed by atoms with E-state index >= 15 is 0 Å². The Hall–Kier alpha value is -1.78. The molecular formula is C23H29F2NO. The molecule has 0 saturated heterocycles. The van der Waals surface area contributed by atoms with Crippen molar-refractivity contribution in [3.63, 3.8) is 0 Å². The van der Waals surface area contributed by atoms with E-state index in [2.05, 4.69) is 38.2 Å². The molecule has 0 heterocycles. The molecule has 1 fully saturated rings. The van der Waals surface area contributed by atoms with Crippen LogP contribution in [0.15, 0.2) is 30.3 Å². The smallest absolute Gasteiger partial charge is 0.131 e. The third-order valence-electron chi connectivity index (χ3n) is 5.29. The minimum absolute atomic E-state index is 0.000426. The van der Waals surface area contributed by atoms with Crippen LogP contribution in [0.1, 0.15) is 46.6 Å². The SMILES string of the molecule is Cc1cc(C)c(C(CNCC2CC2)COCc2c(F)cccc2F)c(C)c1. The van der Waals surface area contributed by atoms with Gasteiger partial charge in [0.25, 0.3) is 0 Å². The number of rotatable bonds is 9. The Morgan fingerprint density at radius 2 is 1.70 bits per heavy atom. The molecule has 0 aromatic heterocycles. The Morgan fingerprint density at radius 3 is 2.30 bits per heavy atom. The van der Waals surface area contributed by atoms with Crippen LogP contribution in [0.2, 0.25) is 0 Å². The lowest BCUT2D eigenvalue weighted by molar-refractivity contribution is 0.101. The Bertz CT molecular complexity index is 743. The summed E-state index contributed by atoms with van der Waals surface area (Å²) >= 11 is 0. The normalized spacial score (nSPS) is 15.1. The van der Waals surface area contributed by atoms with Crippen LogP contribution >= 0.6 is 0 Å². The highest BCUT2D eigenvalue weighted by atomic mass is 19.1. The Kier molecular flexibility index (Phi) is 6.61. The molecule has 0 aliphatic heterocycles. The average molecular weight is 373 g/mol. The molecule has 1 atom stereocenters. The summed E-state index contributed by atoms with van der Waals surface area (Å²) in [6.07, 6.45) is 2.62. The summed E-state index contributed by atoms with van der Waals surface area (Å²) in [5, 5.41) is 3.56. The molecule has 0 radical (unpaired) electrons. The fraction of sp³-hybridized carbons (Fsp3) is 0.478. The van der Waals surface area contributed by atoms with Crippen LogP contribution in [0.25, 0.3) is 0 Å². The van der Waals surface area contributed by atoms with Crippen molar-refractivity contribution in [3.8, 4) is 0 Å². The van der Waals surface area contributed by atoms with Gasteiger partial charge in [-0.25, -0.2) is 8.78 Å². The zero-order valence-electron chi connectivity index (χ0n) is 16.4. The zero-order chi connectivity index (χ0) is 19.4. The third kappa shape index (κ3) is 5.36. The molecule has 1 aliphatic carbocycles. The number of halogens is 2. The molecule has 2 aromatic carbocycles. The second-order valence-electron chi connectivity index (χ2n) is 7.83. The van der Waals surface area contributed by atoms with Gasteiger partial charge in [-0.15, -0.1) is 0 Å². The van der Waals surface area contributed by atoms with Crippen molar-refractivity contribution in [2.45, 2.75) is 46.1 Å². The zero-order valence-corrected chi connectivity index (χ0v) is 16.4. The first-order valence-corrected chi connectivity index (χ1v) is 9.74. The van der Waals surface area contributed by atoms with E-state index in [-0.39, 0.29) is 18.1 Å². The number of aryl methyl sites for hydroxylation is 3. The van der Waals surface area contributed by atoms with Crippen molar-refractivity contribution >= 4 is 0 Å². The number of hydrogen-bond acceptors (Lipinski definition) is 2. The van der Waals surface area contributed by atoms with E-state index < -0.39 is 11.6 Å². The van der Waals surface area contributed by atoms with Crippen LogP contribution in [-0.4, -0.2) is 19.7 Å². The van der Waals surface area contributed by atoms with Gasteiger partial charge in [-0.05, 0) is 74.9 Å². The number of hydrogen-bond donors (Lipinski definition) is 1. The minimum atomic E-state index is -0.555. The molecule has 27 heavy (non-hydrogen) atoms. The monoisotopic (exact) mass is 373 g/mol. The Balaban J connectivity index is 1.69. The van der Waals surface area contributed by atoms with E-state index in [1.807, 2.05) is 0 Å². The maximum atomic E-state index is 13.8. The van der Waals surface area contributed by atoms with Crippen molar-refractivity contribution in [2.75, 3.05) is 19.7 Å². The van der Waals surface area contributed by atoms with Crippen molar-refractivity contribution < 1.29 is 13.5 Å². The number of ether oxygens (including phenoxy) is 1. The molecule has 4 heteroatoms. The van der Waals surface area contributed by atoms with Crippen LogP contribution in [0.5, 0.6) is 0 Å². The molecule has 146 valence electrons. The molecule has 0 spiro atoms. The second-order valence-corrected chi connectivity index (χ2v) is 7.83. The molecule has 3 rings (SSSR count). The summed E-state index contributed by atoms with van der Waals surface area (Å²) in [4.78, 5) is 0. The quantitative estimate of drug-likeness (QED) is 0.653. The van der Waals surface area contributed by atoms with E-state index in [9.17, 15) is 8.78 Å². The predicted molar refractivity (Wildman–Crippen MR) is 105 cm³/mol. The summed E-state index contributed by atoms with van der Waals surface area (Å²) in [7, 11) is 0. The van der Waals surface area contributed by atoms with E-state index in [0.29, 0.717) is 6.61 Å². The highest BCUT2D eigenvalue weighted by Crippen LogP contribution is 2.29. The Labute approximate surface area is 160 Å². The van der Waals surface area contributed by atoms with Crippen molar-refractivity contribution in [3.05, 3.63) is 69.8 Å². The molecular weight excluding hydrogens is 344 g/mol. The van der Waals surface area contributed by atoms with E-state index in [4.69, 9.17) is 4.74 Å². The Morgan fingerprint density at radius 1 is 1.07 bits per heavy atom. The summed E-state index contributed by atoms with van der Waals surface area (Å²) < 4.78 is 33.5. The van der Waals surface area contributed by atoms with Gasteiger partial charge >= 0.3 is 0 Å².